The summed E-state index contributed by atoms with van der Waals surface area (Å²) in [5, 5.41) is -0.487. The number of rotatable bonds is 3. The summed E-state index contributed by atoms with van der Waals surface area (Å²) in [5.74, 6) is 0.565. The number of carbonyl (C=O) groups is 1. The molecule has 0 fully saturated rings. The lowest BCUT2D eigenvalue weighted by molar-refractivity contribution is 0.107. The van der Waals surface area contributed by atoms with Crippen LogP contribution in [0, 0.1) is 12.8 Å². The van der Waals surface area contributed by atoms with Gasteiger partial charge in [0, 0.05) is 5.69 Å². The van der Waals surface area contributed by atoms with Gasteiger partial charge in [0.2, 0.25) is 0 Å². The number of carbonyl (C=O) groups excluding carboxylic acids is 1. The lowest BCUT2D eigenvalue weighted by Gasteiger charge is -2.06. The van der Waals surface area contributed by atoms with Crippen molar-refractivity contribution in [2.75, 3.05) is 0 Å². The van der Waals surface area contributed by atoms with Crippen molar-refractivity contribution in [2.45, 2.75) is 27.2 Å². The average Bonchev–Trinajstić information content (AvgIpc) is 2.01. The molecule has 0 aliphatic rings. The van der Waals surface area contributed by atoms with Gasteiger partial charge in [-0.1, -0.05) is 13.8 Å². The number of halogens is 1. The minimum atomic E-state index is -0.487. The monoisotopic (exact) mass is 211 g/mol. The molecule has 1 heterocycles. The second-order valence-corrected chi connectivity index (χ2v) is 4.22. The van der Waals surface area contributed by atoms with Crippen molar-refractivity contribution in [3.8, 4) is 0 Å². The molecule has 0 unspecified atom stereocenters. The average molecular weight is 212 g/mol. The Labute approximate surface area is 89.3 Å². The maximum Gasteiger partial charge on any atom is 0.270 e. The van der Waals surface area contributed by atoms with Crippen molar-refractivity contribution in [2.24, 2.45) is 5.92 Å². The van der Waals surface area contributed by atoms with Crippen LogP contribution in [0.2, 0.25) is 0 Å². The lowest BCUT2D eigenvalue weighted by atomic mass is 10.0. The highest BCUT2D eigenvalue weighted by Crippen LogP contribution is 2.12. The molecule has 76 valence electrons. The standard InChI is InChI=1S/C11H14ClNO/c1-7(2)4-9-5-8(3)13-10(6-9)11(12)14/h5-7H,4H2,1-3H3. The first-order valence-corrected chi connectivity index (χ1v) is 5.04. The summed E-state index contributed by atoms with van der Waals surface area (Å²) in [6.45, 7) is 6.14. The molecule has 0 amide bonds. The Balaban J connectivity index is 3.01. The summed E-state index contributed by atoms with van der Waals surface area (Å²) >= 11 is 5.38. The van der Waals surface area contributed by atoms with E-state index in [-0.39, 0.29) is 0 Å². The molecule has 0 saturated heterocycles. The topological polar surface area (TPSA) is 30.0 Å². The van der Waals surface area contributed by atoms with Crippen molar-refractivity contribution >= 4 is 16.8 Å². The van der Waals surface area contributed by atoms with Crippen LogP contribution >= 0.6 is 11.6 Å². The molecule has 0 aromatic carbocycles. The van der Waals surface area contributed by atoms with Crippen LogP contribution in [0.4, 0.5) is 0 Å². The third kappa shape index (κ3) is 3.11. The largest absolute Gasteiger partial charge is 0.274 e. The van der Waals surface area contributed by atoms with E-state index in [1.165, 1.54) is 0 Å². The summed E-state index contributed by atoms with van der Waals surface area (Å²) in [5.41, 5.74) is 2.31. The fraction of sp³-hybridized carbons (Fsp3) is 0.455. The van der Waals surface area contributed by atoms with E-state index in [9.17, 15) is 4.79 Å². The zero-order valence-corrected chi connectivity index (χ0v) is 9.43. The summed E-state index contributed by atoms with van der Waals surface area (Å²) in [6.07, 6.45) is 0.945. The van der Waals surface area contributed by atoms with Gasteiger partial charge in [-0.3, -0.25) is 4.79 Å². The van der Waals surface area contributed by atoms with Gasteiger partial charge in [0.1, 0.15) is 5.69 Å². The molecule has 0 aliphatic carbocycles. The first-order chi connectivity index (χ1) is 6.49. The molecule has 0 saturated carbocycles. The maximum absolute atomic E-state index is 10.9. The molecule has 0 spiro atoms. The quantitative estimate of drug-likeness (QED) is 0.720. The van der Waals surface area contributed by atoms with Gasteiger partial charge in [-0.15, -0.1) is 0 Å². The zero-order chi connectivity index (χ0) is 10.7. The molecule has 1 aromatic rings. The van der Waals surface area contributed by atoms with Crippen LogP contribution in [0.1, 0.15) is 35.6 Å². The van der Waals surface area contributed by atoms with Gasteiger partial charge in [0.25, 0.3) is 5.24 Å². The number of nitrogens with zero attached hydrogens (tertiary/aromatic N) is 1. The minimum Gasteiger partial charge on any atom is -0.274 e. The highest BCUT2D eigenvalue weighted by molar-refractivity contribution is 6.67. The molecular formula is C11H14ClNO. The number of hydrogen-bond donors (Lipinski definition) is 0. The van der Waals surface area contributed by atoms with Crippen molar-refractivity contribution in [3.05, 3.63) is 29.1 Å². The van der Waals surface area contributed by atoms with E-state index in [1.54, 1.807) is 6.07 Å². The van der Waals surface area contributed by atoms with Crippen LogP contribution < -0.4 is 0 Å². The predicted molar refractivity (Wildman–Crippen MR) is 57.7 cm³/mol. The van der Waals surface area contributed by atoms with E-state index in [1.807, 2.05) is 13.0 Å². The first kappa shape index (κ1) is 11.2. The first-order valence-electron chi connectivity index (χ1n) is 4.66. The third-order valence-electron chi connectivity index (χ3n) is 1.86. The van der Waals surface area contributed by atoms with Crippen LogP contribution in [0.15, 0.2) is 12.1 Å². The molecule has 0 atom stereocenters. The van der Waals surface area contributed by atoms with Crippen molar-refractivity contribution < 1.29 is 4.79 Å². The van der Waals surface area contributed by atoms with Gasteiger partial charge >= 0.3 is 0 Å². The van der Waals surface area contributed by atoms with E-state index in [0.29, 0.717) is 11.6 Å². The van der Waals surface area contributed by atoms with Crippen LogP contribution in [0.3, 0.4) is 0 Å². The Bertz CT molecular complexity index is 347. The Morgan fingerprint density at radius 2 is 2.14 bits per heavy atom. The van der Waals surface area contributed by atoms with Gasteiger partial charge in [-0.25, -0.2) is 4.98 Å². The van der Waals surface area contributed by atoms with Gasteiger partial charge in [0.15, 0.2) is 0 Å². The number of aromatic nitrogens is 1. The highest BCUT2D eigenvalue weighted by Gasteiger charge is 2.07. The molecular weight excluding hydrogens is 198 g/mol. The fourth-order valence-corrected chi connectivity index (χ4v) is 1.53. The minimum absolute atomic E-state index is 0.349. The van der Waals surface area contributed by atoms with E-state index in [4.69, 9.17) is 11.6 Å². The summed E-state index contributed by atoms with van der Waals surface area (Å²) in [7, 11) is 0. The lowest BCUT2D eigenvalue weighted by Crippen LogP contribution is -2.01. The van der Waals surface area contributed by atoms with Crippen molar-refractivity contribution in [3.63, 3.8) is 0 Å². The Morgan fingerprint density at radius 3 is 2.64 bits per heavy atom. The highest BCUT2D eigenvalue weighted by atomic mass is 35.5. The van der Waals surface area contributed by atoms with Crippen molar-refractivity contribution in [1.29, 1.82) is 0 Å². The molecule has 0 radical (unpaired) electrons. The van der Waals surface area contributed by atoms with E-state index < -0.39 is 5.24 Å². The van der Waals surface area contributed by atoms with E-state index >= 15 is 0 Å². The molecule has 3 heteroatoms. The second kappa shape index (κ2) is 4.56. The molecule has 0 aliphatic heterocycles. The van der Waals surface area contributed by atoms with Gasteiger partial charge in [-0.05, 0) is 48.6 Å². The molecule has 1 aromatic heterocycles. The predicted octanol–water partition coefficient (Wildman–Crippen LogP) is 2.97. The molecule has 1 rings (SSSR count). The van der Waals surface area contributed by atoms with Crippen LogP contribution in [-0.2, 0) is 6.42 Å². The van der Waals surface area contributed by atoms with Crippen LogP contribution in [0.25, 0.3) is 0 Å². The number of aryl methyl sites for hydroxylation is 1. The molecule has 0 bridgehead atoms. The van der Waals surface area contributed by atoms with E-state index in [2.05, 4.69) is 18.8 Å². The second-order valence-electron chi connectivity index (χ2n) is 3.87. The normalized spacial score (nSPS) is 10.6. The SMILES string of the molecule is Cc1cc(CC(C)C)cc(C(=O)Cl)n1. The van der Waals surface area contributed by atoms with Gasteiger partial charge in [-0.2, -0.15) is 0 Å². The smallest absolute Gasteiger partial charge is 0.270 e. The van der Waals surface area contributed by atoms with Gasteiger partial charge < -0.3 is 0 Å². The molecule has 2 nitrogen and oxygen atoms in total. The third-order valence-corrected chi connectivity index (χ3v) is 2.05. The summed E-state index contributed by atoms with van der Waals surface area (Å²) in [6, 6.07) is 3.76. The molecule has 14 heavy (non-hydrogen) atoms. The Kier molecular flexibility index (Phi) is 3.64. The Hall–Kier alpha value is -0.890. The fourth-order valence-electron chi connectivity index (χ4n) is 1.43. The van der Waals surface area contributed by atoms with E-state index in [0.717, 1.165) is 17.7 Å². The van der Waals surface area contributed by atoms with Crippen molar-refractivity contribution in [1.82, 2.24) is 4.98 Å². The van der Waals surface area contributed by atoms with Gasteiger partial charge in [0.05, 0.1) is 0 Å². The molecule has 0 N–H and O–H groups in total. The number of pyridine rings is 1. The summed E-state index contributed by atoms with van der Waals surface area (Å²) < 4.78 is 0. The number of hydrogen-bond acceptors (Lipinski definition) is 2. The Morgan fingerprint density at radius 1 is 1.50 bits per heavy atom. The maximum atomic E-state index is 10.9. The summed E-state index contributed by atoms with van der Waals surface area (Å²) in [4.78, 5) is 15.0. The zero-order valence-electron chi connectivity index (χ0n) is 8.67. The van der Waals surface area contributed by atoms with Crippen LogP contribution in [-0.4, -0.2) is 10.2 Å². The van der Waals surface area contributed by atoms with Crippen LogP contribution in [0.5, 0.6) is 0 Å².